The SMILES string of the molecule is Clc1ccc2c(CC3CNC3)c[nH]c2c1. The molecule has 1 aromatic heterocycles. The molecule has 2 nitrogen and oxygen atoms in total. The lowest BCUT2D eigenvalue weighted by Gasteiger charge is -2.26. The molecule has 15 heavy (non-hydrogen) atoms. The number of hydrogen-bond donors (Lipinski definition) is 2. The summed E-state index contributed by atoms with van der Waals surface area (Å²) in [5.74, 6) is 0.805. The third-order valence-corrected chi connectivity index (χ3v) is 3.34. The lowest BCUT2D eigenvalue weighted by atomic mass is 9.94. The molecule has 3 heteroatoms. The topological polar surface area (TPSA) is 27.8 Å². The highest BCUT2D eigenvalue weighted by Gasteiger charge is 2.18. The summed E-state index contributed by atoms with van der Waals surface area (Å²) in [6.07, 6.45) is 3.27. The van der Waals surface area contributed by atoms with Crippen molar-refractivity contribution in [1.29, 1.82) is 0 Å². The normalized spacial score (nSPS) is 16.9. The molecule has 2 aromatic rings. The monoisotopic (exact) mass is 220 g/mol. The van der Waals surface area contributed by atoms with Crippen molar-refractivity contribution in [3.63, 3.8) is 0 Å². The van der Waals surface area contributed by atoms with Gasteiger partial charge in [-0.25, -0.2) is 0 Å². The van der Waals surface area contributed by atoms with Gasteiger partial charge in [0.1, 0.15) is 0 Å². The van der Waals surface area contributed by atoms with Crippen LogP contribution >= 0.6 is 11.6 Å². The van der Waals surface area contributed by atoms with Gasteiger partial charge >= 0.3 is 0 Å². The molecular formula is C12H13ClN2. The van der Waals surface area contributed by atoms with E-state index in [1.54, 1.807) is 0 Å². The van der Waals surface area contributed by atoms with Crippen LogP contribution in [0.1, 0.15) is 5.56 Å². The Balaban J connectivity index is 1.96. The first-order valence-electron chi connectivity index (χ1n) is 5.29. The van der Waals surface area contributed by atoms with Gasteiger partial charge in [-0.05, 0) is 43.1 Å². The van der Waals surface area contributed by atoms with Crippen molar-refractivity contribution in [3.05, 3.63) is 35.0 Å². The molecule has 0 radical (unpaired) electrons. The Labute approximate surface area is 93.6 Å². The van der Waals surface area contributed by atoms with Crippen LogP contribution in [0.25, 0.3) is 10.9 Å². The molecular weight excluding hydrogens is 208 g/mol. The summed E-state index contributed by atoms with van der Waals surface area (Å²) < 4.78 is 0. The van der Waals surface area contributed by atoms with Crippen molar-refractivity contribution < 1.29 is 0 Å². The summed E-state index contributed by atoms with van der Waals surface area (Å²) in [6.45, 7) is 2.31. The number of aromatic nitrogens is 1. The minimum atomic E-state index is 0.793. The third kappa shape index (κ3) is 1.64. The Kier molecular flexibility index (Phi) is 2.19. The van der Waals surface area contributed by atoms with Gasteiger partial charge in [-0.1, -0.05) is 17.7 Å². The Bertz CT molecular complexity index is 485. The largest absolute Gasteiger partial charge is 0.361 e. The average molecular weight is 221 g/mol. The molecule has 3 rings (SSSR count). The van der Waals surface area contributed by atoms with E-state index < -0.39 is 0 Å². The van der Waals surface area contributed by atoms with Crippen molar-refractivity contribution in [2.45, 2.75) is 6.42 Å². The van der Waals surface area contributed by atoms with Crippen molar-refractivity contribution in [2.75, 3.05) is 13.1 Å². The summed E-state index contributed by atoms with van der Waals surface area (Å²) in [5.41, 5.74) is 2.55. The molecule has 1 fully saturated rings. The Morgan fingerprint density at radius 1 is 1.33 bits per heavy atom. The predicted octanol–water partition coefficient (Wildman–Crippen LogP) is 2.58. The Morgan fingerprint density at radius 2 is 2.20 bits per heavy atom. The number of hydrogen-bond acceptors (Lipinski definition) is 1. The van der Waals surface area contributed by atoms with Crippen molar-refractivity contribution in [3.8, 4) is 0 Å². The zero-order valence-electron chi connectivity index (χ0n) is 8.39. The number of H-pyrrole nitrogens is 1. The average Bonchev–Trinajstić information content (AvgIpc) is 2.54. The van der Waals surface area contributed by atoms with E-state index in [4.69, 9.17) is 11.6 Å². The van der Waals surface area contributed by atoms with Crippen molar-refractivity contribution in [2.24, 2.45) is 5.92 Å². The molecule has 1 aromatic carbocycles. The van der Waals surface area contributed by atoms with E-state index in [-0.39, 0.29) is 0 Å². The van der Waals surface area contributed by atoms with Crippen molar-refractivity contribution in [1.82, 2.24) is 10.3 Å². The Morgan fingerprint density at radius 3 is 2.93 bits per heavy atom. The number of nitrogens with one attached hydrogen (secondary N) is 2. The Hall–Kier alpha value is -0.990. The molecule has 1 aliphatic rings. The van der Waals surface area contributed by atoms with Gasteiger partial charge in [-0.3, -0.25) is 0 Å². The van der Waals surface area contributed by atoms with Gasteiger partial charge in [0.25, 0.3) is 0 Å². The number of halogens is 1. The molecule has 78 valence electrons. The van der Waals surface area contributed by atoms with E-state index in [1.165, 1.54) is 10.9 Å². The fourth-order valence-electron chi connectivity index (χ4n) is 2.13. The maximum absolute atomic E-state index is 5.94. The number of fused-ring (bicyclic) bond motifs is 1. The van der Waals surface area contributed by atoms with E-state index in [2.05, 4.69) is 22.6 Å². The maximum atomic E-state index is 5.94. The van der Waals surface area contributed by atoms with Gasteiger partial charge in [-0.2, -0.15) is 0 Å². The van der Waals surface area contributed by atoms with E-state index >= 15 is 0 Å². The lowest BCUT2D eigenvalue weighted by Crippen LogP contribution is -2.43. The fourth-order valence-corrected chi connectivity index (χ4v) is 2.30. The second-order valence-electron chi connectivity index (χ2n) is 4.23. The van der Waals surface area contributed by atoms with Crippen LogP contribution in [-0.2, 0) is 6.42 Å². The van der Waals surface area contributed by atoms with Gasteiger partial charge in [0.05, 0.1) is 0 Å². The van der Waals surface area contributed by atoms with E-state index in [9.17, 15) is 0 Å². The van der Waals surface area contributed by atoms with Crippen LogP contribution in [0.4, 0.5) is 0 Å². The van der Waals surface area contributed by atoms with E-state index in [1.807, 2.05) is 12.1 Å². The zero-order chi connectivity index (χ0) is 10.3. The summed E-state index contributed by atoms with van der Waals surface area (Å²) in [7, 11) is 0. The standard InChI is InChI=1S/C12H13ClN2/c13-10-1-2-11-9(3-8-5-14-6-8)7-15-12(11)4-10/h1-2,4,7-8,14-15H,3,5-6H2. The van der Waals surface area contributed by atoms with Gasteiger partial charge in [0.15, 0.2) is 0 Å². The number of aromatic amines is 1. The number of benzene rings is 1. The van der Waals surface area contributed by atoms with Crippen molar-refractivity contribution >= 4 is 22.5 Å². The molecule has 2 N–H and O–H groups in total. The molecule has 0 bridgehead atoms. The van der Waals surface area contributed by atoms with Crippen LogP contribution in [0.2, 0.25) is 5.02 Å². The third-order valence-electron chi connectivity index (χ3n) is 3.10. The van der Waals surface area contributed by atoms with Crippen LogP contribution in [0, 0.1) is 5.92 Å². The summed E-state index contributed by atoms with van der Waals surface area (Å²) >= 11 is 5.94. The molecule has 0 aliphatic carbocycles. The van der Waals surface area contributed by atoms with Gasteiger partial charge in [0.2, 0.25) is 0 Å². The summed E-state index contributed by atoms with van der Waals surface area (Å²) in [6, 6.07) is 6.05. The molecule has 1 aliphatic heterocycles. The highest BCUT2D eigenvalue weighted by Crippen LogP contribution is 2.24. The fraction of sp³-hybridized carbons (Fsp3) is 0.333. The van der Waals surface area contributed by atoms with E-state index in [0.717, 1.165) is 36.0 Å². The van der Waals surface area contributed by atoms with Crippen LogP contribution in [0.3, 0.4) is 0 Å². The molecule has 0 amide bonds. The number of rotatable bonds is 2. The smallest absolute Gasteiger partial charge is 0.0471 e. The maximum Gasteiger partial charge on any atom is 0.0471 e. The van der Waals surface area contributed by atoms with Gasteiger partial charge in [-0.15, -0.1) is 0 Å². The zero-order valence-corrected chi connectivity index (χ0v) is 9.14. The first-order chi connectivity index (χ1) is 7.33. The minimum absolute atomic E-state index is 0.793. The predicted molar refractivity (Wildman–Crippen MR) is 63.4 cm³/mol. The highest BCUT2D eigenvalue weighted by atomic mass is 35.5. The quantitative estimate of drug-likeness (QED) is 0.800. The second kappa shape index (κ2) is 3.54. The minimum Gasteiger partial charge on any atom is -0.361 e. The van der Waals surface area contributed by atoms with Gasteiger partial charge in [0, 0.05) is 22.1 Å². The highest BCUT2D eigenvalue weighted by molar-refractivity contribution is 6.31. The van der Waals surface area contributed by atoms with E-state index in [0.29, 0.717) is 0 Å². The first kappa shape index (κ1) is 9.25. The van der Waals surface area contributed by atoms with Crippen LogP contribution in [0.5, 0.6) is 0 Å². The summed E-state index contributed by atoms with van der Waals surface area (Å²) in [5, 5.41) is 5.40. The summed E-state index contributed by atoms with van der Waals surface area (Å²) in [4.78, 5) is 3.28. The molecule has 2 heterocycles. The molecule has 0 spiro atoms. The van der Waals surface area contributed by atoms with Crippen LogP contribution < -0.4 is 5.32 Å². The van der Waals surface area contributed by atoms with Gasteiger partial charge < -0.3 is 10.3 Å². The molecule has 0 unspecified atom stereocenters. The first-order valence-corrected chi connectivity index (χ1v) is 5.67. The van der Waals surface area contributed by atoms with Crippen LogP contribution in [0.15, 0.2) is 24.4 Å². The lowest BCUT2D eigenvalue weighted by molar-refractivity contribution is 0.347. The molecule has 0 atom stereocenters. The van der Waals surface area contributed by atoms with Crippen LogP contribution in [-0.4, -0.2) is 18.1 Å². The molecule has 0 saturated carbocycles. The second-order valence-corrected chi connectivity index (χ2v) is 4.67. The molecule has 1 saturated heterocycles.